The molecule has 1 N–H and O–H groups in total. The van der Waals surface area contributed by atoms with E-state index in [1.54, 1.807) is 7.05 Å². The number of carbonyl (C=O) groups is 1. The van der Waals surface area contributed by atoms with Crippen molar-refractivity contribution >= 4 is 11.7 Å². The predicted molar refractivity (Wildman–Crippen MR) is 113 cm³/mol. The van der Waals surface area contributed by atoms with Gasteiger partial charge in [0.05, 0.1) is 5.69 Å². The Morgan fingerprint density at radius 1 is 1.21 bits per heavy atom. The Balaban J connectivity index is 1.65. The third-order valence-corrected chi connectivity index (χ3v) is 5.68. The molecule has 2 aromatic heterocycles. The fourth-order valence-electron chi connectivity index (χ4n) is 4.01. The Bertz CT molecular complexity index is 1070. The highest BCUT2D eigenvalue weighted by Gasteiger charge is 2.23. The molecule has 1 aliphatic heterocycles. The lowest BCUT2D eigenvalue weighted by molar-refractivity contribution is 0.0962. The summed E-state index contributed by atoms with van der Waals surface area (Å²) in [6, 6.07) is 10.1. The van der Waals surface area contributed by atoms with Gasteiger partial charge in [0.25, 0.3) is 5.91 Å². The van der Waals surface area contributed by atoms with Crippen molar-refractivity contribution in [1.82, 2.24) is 25.3 Å². The highest BCUT2D eigenvalue weighted by atomic mass is 16.1. The molecule has 1 aliphatic rings. The second-order valence-electron chi connectivity index (χ2n) is 7.34. The molecule has 0 aliphatic carbocycles. The molecule has 1 aromatic carbocycles. The van der Waals surface area contributed by atoms with Gasteiger partial charge in [-0.1, -0.05) is 17.3 Å². The van der Waals surface area contributed by atoms with Gasteiger partial charge in [-0.2, -0.15) is 0 Å². The minimum absolute atomic E-state index is 0.0438. The first-order valence-electron chi connectivity index (χ1n) is 9.99. The summed E-state index contributed by atoms with van der Waals surface area (Å²) in [7, 11) is 1.67. The summed E-state index contributed by atoms with van der Waals surface area (Å²) in [5.41, 5.74) is 6.94. The Morgan fingerprint density at radius 2 is 2.03 bits per heavy atom. The molecule has 150 valence electrons. The van der Waals surface area contributed by atoms with E-state index in [0.29, 0.717) is 6.54 Å². The number of hydrogen-bond acceptors (Lipinski definition) is 5. The summed E-state index contributed by atoms with van der Waals surface area (Å²) in [6.07, 6.45) is 0.895. The molecule has 3 aromatic rings. The maximum Gasteiger partial charge on any atom is 0.251 e. The lowest BCUT2D eigenvalue weighted by Crippen LogP contribution is -2.33. The van der Waals surface area contributed by atoms with Crippen LogP contribution in [0.4, 0.5) is 5.82 Å². The van der Waals surface area contributed by atoms with E-state index < -0.39 is 0 Å². The number of amides is 1. The van der Waals surface area contributed by atoms with E-state index in [1.165, 1.54) is 5.56 Å². The molecule has 0 saturated carbocycles. The van der Waals surface area contributed by atoms with Crippen LogP contribution in [0.15, 0.2) is 30.3 Å². The van der Waals surface area contributed by atoms with E-state index in [4.69, 9.17) is 4.98 Å². The second kappa shape index (κ2) is 7.66. The van der Waals surface area contributed by atoms with Gasteiger partial charge in [-0.05, 0) is 56.5 Å². The van der Waals surface area contributed by atoms with E-state index in [2.05, 4.69) is 39.6 Å². The molecule has 0 spiro atoms. The molecule has 0 unspecified atom stereocenters. The predicted octanol–water partition coefficient (Wildman–Crippen LogP) is 2.90. The number of aromatic nitrogens is 4. The van der Waals surface area contributed by atoms with Gasteiger partial charge in [0.2, 0.25) is 0 Å². The molecule has 1 amide bonds. The van der Waals surface area contributed by atoms with Gasteiger partial charge in [0, 0.05) is 43.5 Å². The number of pyridine rings is 1. The van der Waals surface area contributed by atoms with Crippen molar-refractivity contribution in [3.63, 3.8) is 0 Å². The maximum atomic E-state index is 12.3. The van der Waals surface area contributed by atoms with Crippen molar-refractivity contribution in [2.24, 2.45) is 0 Å². The number of hydrogen-bond donors (Lipinski definition) is 1. The number of rotatable bonds is 4. The monoisotopic (exact) mass is 390 g/mol. The summed E-state index contributed by atoms with van der Waals surface area (Å²) in [5.74, 6) is 0.877. The van der Waals surface area contributed by atoms with Crippen molar-refractivity contribution in [1.29, 1.82) is 0 Å². The van der Waals surface area contributed by atoms with Crippen molar-refractivity contribution in [2.75, 3.05) is 18.5 Å². The summed E-state index contributed by atoms with van der Waals surface area (Å²) < 4.78 is 1.89. The zero-order chi connectivity index (χ0) is 20.5. The van der Waals surface area contributed by atoms with Crippen LogP contribution >= 0.6 is 0 Å². The quantitative estimate of drug-likeness (QED) is 0.741. The third-order valence-electron chi connectivity index (χ3n) is 5.68. The molecule has 0 saturated heterocycles. The van der Waals surface area contributed by atoms with Crippen LogP contribution in [-0.2, 0) is 19.5 Å². The first kappa shape index (κ1) is 19.1. The van der Waals surface area contributed by atoms with E-state index in [0.717, 1.165) is 59.1 Å². The van der Waals surface area contributed by atoms with Gasteiger partial charge < -0.3 is 10.2 Å². The van der Waals surface area contributed by atoms with Crippen LogP contribution in [0.2, 0.25) is 0 Å². The van der Waals surface area contributed by atoms with Crippen LogP contribution in [-0.4, -0.2) is 39.5 Å². The van der Waals surface area contributed by atoms with Crippen molar-refractivity contribution in [3.8, 4) is 11.3 Å². The van der Waals surface area contributed by atoms with Crippen LogP contribution in [0.25, 0.3) is 11.3 Å². The Hall–Kier alpha value is -3.22. The van der Waals surface area contributed by atoms with E-state index in [-0.39, 0.29) is 5.91 Å². The van der Waals surface area contributed by atoms with Gasteiger partial charge in [-0.15, -0.1) is 5.10 Å². The number of nitrogens with one attached hydrogen (secondary N) is 1. The zero-order valence-corrected chi connectivity index (χ0v) is 17.4. The number of benzene rings is 1. The summed E-state index contributed by atoms with van der Waals surface area (Å²) in [5, 5.41) is 11.3. The molecule has 0 fully saturated rings. The van der Waals surface area contributed by atoms with Crippen molar-refractivity contribution in [2.45, 2.75) is 40.3 Å². The minimum atomic E-state index is -0.0438. The number of fused-ring (bicyclic) bond motifs is 1. The van der Waals surface area contributed by atoms with Crippen molar-refractivity contribution < 1.29 is 4.79 Å². The van der Waals surface area contributed by atoms with Crippen LogP contribution in [0.3, 0.4) is 0 Å². The first-order chi connectivity index (χ1) is 14.0. The normalized spacial score (nSPS) is 13.3. The van der Waals surface area contributed by atoms with Crippen LogP contribution in [0, 0.1) is 13.8 Å². The minimum Gasteiger partial charge on any atom is -0.355 e. The van der Waals surface area contributed by atoms with E-state index >= 15 is 0 Å². The molecule has 3 heterocycles. The second-order valence-corrected chi connectivity index (χ2v) is 7.34. The SMILES string of the molecule is CCn1nnc(-c2ccc(N3CCc4cccc(C(=O)NC)c4C3)nc2C)c1C. The standard InChI is InChI=1S/C22H26N6O/c1-5-28-15(3)21(25-26-28)17-9-10-20(24-14(17)2)27-12-11-16-7-6-8-18(19(16)13-27)22(29)23-4/h6-10H,5,11-13H2,1-4H3,(H,23,29). The number of nitrogens with zero attached hydrogens (tertiary/aromatic N) is 5. The van der Waals surface area contributed by atoms with Gasteiger partial charge in [0.1, 0.15) is 11.5 Å². The number of anilines is 1. The maximum absolute atomic E-state index is 12.3. The molecular formula is C22H26N6O. The lowest BCUT2D eigenvalue weighted by Gasteiger charge is -2.31. The Morgan fingerprint density at radius 3 is 2.72 bits per heavy atom. The van der Waals surface area contributed by atoms with Crippen LogP contribution < -0.4 is 10.2 Å². The smallest absolute Gasteiger partial charge is 0.251 e. The zero-order valence-electron chi connectivity index (χ0n) is 17.4. The van der Waals surface area contributed by atoms with Crippen LogP contribution in [0.1, 0.15) is 39.8 Å². The summed E-state index contributed by atoms with van der Waals surface area (Å²) in [4.78, 5) is 19.4. The molecule has 0 atom stereocenters. The Labute approximate surface area is 170 Å². The number of carbonyl (C=O) groups excluding carboxylic acids is 1. The molecule has 4 rings (SSSR count). The van der Waals surface area contributed by atoms with Gasteiger partial charge in [-0.25, -0.2) is 9.67 Å². The number of aryl methyl sites for hydroxylation is 2. The molecule has 7 nitrogen and oxygen atoms in total. The fourth-order valence-corrected chi connectivity index (χ4v) is 4.01. The Kier molecular flexibility index (Phi) is 5.05. The molecule has 29 heavy (non-hydrogen) atoms. The van der Waals surface area contributed by atoms with Gasteiger partial charge >= 0.3 is 0 Å². The molecule has 0 radical (unpaired) electrons. The first-order valence-corrected chi connectivity index (χ1v) is 9.99. The fraction of sp³-hybridized carbons (Fsp3) is 0.364. The lowest BCUT2D eigenvalue weighted by atomic mass is 9.94. The molecule has 0 bridgehead atoms. The average Bonchev–Trinajstić information content (AvgIpc) is 3.12. The van der Waals surface area contributed by atoms with Gasteiger partial charge in [0.15, 0.2) is 0 Å². The summed E-state index contributed by atoms with van der Waals surface area (Å²) in [6.45, 7) is 8.45. The molecular weight excluding hydrogens is 364 g/mol. The third kappa shape index (κ3) is 3.37. The van der Waals surface area contributed by atoms with Gasteiger partial charge in [-0.3, -0.25) is 4.79 Å². The highest BCUT2D eigenvalue weighted by molar-refractivity contribution is 5.96. The largest absolute Gasteiger partial charge is 0.355 e. The average molecular weight is 390 g/mol. The molecule has 7 heteroatoms. The van der Waals surface area contributed by atoms with E-state index in [1.807, 2.05) is 36.7 Å². The topological polar surface area (TPSA) is 75.9 Å². The highest BCUT2D eigenvalue weighted by Crippen LogP contribution is 2.29. The van der Waals surface area contributed by atoms with Crippen LogP contribution in [0.5, 0.6) is 0 Å². The van der Waals surface area contributed by atoms with E-state index in [9.17, 15) is 4.79 Å². The summed E-state index contributed by atoms with van der Waals surface area (Å²) >= 11 is 0. The van der Waals surface area contributed by atoms with Crippen molar-refractivity contribution in [3.05, 3.63) is 58.4 Å².